The van der Waals surface area contributed by atoms with E-state index in [4.69, 9.17) is 9.47 Å². The van der Waals surface area contributed by atoms with E-state index in [1.54, 1.807) is 71.8 Å². The summed E-state index contributed by atoms with van der Waals surface area (Å²) in [5.74, 6) is -0.0733. The van der Waals surface area contributed by atoms with Gasteiger partial charge >= 0.3 is 0 Å². The molecule has 0 radical (unpaired) electrons. The van der Waals surface area contributed by atoms with Crippen molar-refractivity contribution in [2.24, 2.45) is 0 Å². The molecule has 9 heteroatoms. The Morgan fingerprint density at radius 1 is 0.468 bits per heavy atom. The number of halogens is 2. The number of fused-ring (bicyclic) bond motifs is 3. The topological polar surface area (TPSA) is 75.0 Å². The molecule has 47 heavy (non-hydrogen) atoms. The van der Waals surface area contributed by atoms with Gasteiger partial charge in [0, 0.05) is 58.8 Å². The fraction of sp³-hybridized carbons (Fsp3) is 0. The molecule has 7 nitrogen and oxygen atoms in total. The van der Waals surface area contributed by atoms with Crippen LogP contribution >= 0.6 is 0 Å². The number of rotatable bonds is 7. The standard InChI is InChI=1S/C38H23F2N5O2/c39-30-20-28-29-21-31(40)37(47-27-11-6-9-25(19-27)33-13-2-4-15-42-33)23-35(29)45(38-43-16-7-17-44-38)34(28)22-36(30)46-26-10-5-8-24(18-26)32-12-1-3-14-41-32/h1-23H. The zero-order valence-electron chi connectivity index (χ0n) is 24.6. The maximum absolute atomic E-state index is 15.7. The van der Waals surface area contributed by atoms with Crippen molar-refractivity contribution in [2.45, 2.75) is 0 Å². The van der Waals surface area contributed by atoms with Crippen molar-refractivity contribution in [1.29, 1.82) is 0 Å². The Balaban J connectivity index is 1.23. The number of hydrogen-bond acceptors (Lipinski definition) is 6. The first-order valence-corrected chi connectivity index (χ1v) is 14.7. The molecular formula is C38H23F2N5O2. The number of nitrogens with zero attached hydrogens (tertiary/aromatic N) is 5. The monoisotopic (exact) mass is 619 g/mol. The van der Waals surface area contributed by atoms with Gasteiger partial charge in [0.1, 0.15) is 11.5 Å². The van der Waals surface area contributed by atoms with Crippen LogP contribution in [0.25, 0.3) is 50.3 Å². The predicted molar refractivity (Wildman–Crippen MR) is 176 cm³/mol. The largest absolute Gasteiger partial charge is 0.454 e. The van der Waals surface area contributed by atoms with Crippen LogP contribution in [0.4, 0.5) is 8.78 Å². The number of pyridine rings is 2. The van der Waals surface area contributed by atoms with Gasteiger partial charge in [-0.25, -0.2) is 18.7 Å². The zero-order chi connectivity index (χ0) is 31.7. The lowest BCUT2D eigenvalue weighted by molar-refractivity contribution is 0.443. The van der Waals surface area contributed by atoms with Crippen LogP contribution in [0.3, 0.4) is 0 Å². The third kappa shape index (κ3) is 5.40. The van der Waals surface area contributed by atoms with Crippen LogP contribution in [0, 0.1) is 11.6 Å². The SMILES string of the molecule is Fc1cc2c3cc(F)c(Oc4cccc(-c5ccccn5)c4)cc3n(-c3ncccn3)c2cc1Oc1cccc(-c2ccccn2)c1. The van der Waals surface area contributed by atoms with Gasteiger partial charge in [0.2, 0.25) is 5.95 Å². The van der Waals surface area contributed by atoms with Crippen molar-refractivity contribution < 1.29 is 18.3 Å². The first-order valence-electron chi connectivity index (χ1n) is 14.7. The van der Waals surface area contributed by atoms with Gasteiger partial charge in [0.25, 0.3) is 0 Å². The molecule has 0 bridgehead atoms. The molecule has 0 fully saturated rings. The van der Waals surface area contributed by atoms with E-state index in [0.29, 0.717) is 39.3 Å². The molecule has 8 rings (SSSR count). The Hall–Kier alpha value is -6.48. The van der Waals surface area contributed by atoms with E-state index in [1.807, 2.05) is 60.7 Å². The summed E-state index contributed by atoms with van der Waals surface area (Å²) in [6.45, 7) is 0. The van der Waals surface area contributed by atoms with E-state index < -0.39 is 11.6 Å². The molecule has 0 aliphatic rings. The maximum Gasteiger partial charge on any atom is 0.234 e. The lowest BCUT2D eigenvalue weighted by atomic mass is 10.1. The average Bonchev–Trinajstić information content (AvgIpc) is 3.41. The van der Waals surface area contributed by atoms with Crippen LogP contribution in [0.15, 0.2) is 140 Å². The summed E-state index contributed by atoms with van der Waals surface area (Å²) in [7, 11) is 0. The number of benzene rings is 4. The van der Waals surface area contributed by atoms with Gasteiger partial charge in [-0.15, -0.1) is 0 Å². The highest BCUT2D eigenvalue weighted by Crippen LogP contribution is 2.40. The summed E-state index contributed by atoms with van der Waals surface area (Å²) >= 11 is 0. The summed E-state index contributed by atoms with van der Waals surface area (Å²) in [5, 5.41) is 0.921. The quantitative estimate of drug-likeness (QED) is 0.177. The molecule has 0 atom stereocenters. The van der Waals surface area contributed by atoms with E-state index in [1.165, 1.54) is 12.1 Å². The molecule has 4 aromatic carbocycles. The second-order valence-corrected chi connectivity index (χ2v) is 10.7. The highest BCUT2D eigenvalue weighted by molar-refractivity contribution is 6.10. The first kappa shape index (κ1) is 28.0. The molecule has 4 aromatic heterocycles. The molecule has 0 unspecified atom stereocenters. The van der Waals surface area contributed by atoms with E-state index in [2.05, 4.69) is 19.9 Å². The van der Waals surface area contributed by atoms with Crippen LogP contribution in [0.2, 0.25) is 0 Å². The smallest absolute Gasteiger partial charge is 0.234 e. The van der Waals surface area contributed by atoms with Gasteiger partial charge in [-0.3, -0.25) is 14.5 Å². The molecular weight excluding hydrogens is 596 g/mol. The molecule has 0 amide bonds. The lowest BCUT2D eigenvalue weighted by Crippen LogP contribution is -2.00. The van der Waals surface area contributed by atoms with E-state index >= 15 is 8.78 Å². The fourth-order valence-electron chi connectivity index (χ4n) is 5.55. The normalized spacial score (nSPS) is 11.2. The van der Waals surface area contributed by atoms with E-state index in [0.717, 1.165) is 22.5 Å². The predicted octanol–water partition coefficient (Wildman–Crippen LogP) is 9.56. The van der Waals surface area contributed by atoms with Crippen LogP contribution in [-0.4, -0.2) is 24.5 Å². The highest BCUT2D eigenvalue weighted by atomic mass is 19.1. The molecule has 0 spiro atoms. The molecule has 8 aromatic rings. The molecule has 0 aliphatic heterocycles. The average molecular weight is 620 g/mol. The van der Waals surface area contributed by atoms with Crippen molar-refractivity contribution in [3.63, 3.8) is 0 Å². The summed E-state index contributed by atoms with van der Waals surface area (Å²) < 4.78 is 45.3. The van der Waals surface area contributed by atoms with E-state index in [9.17, 15) is 0 Å². The van der Waals surface area contributed by atoms with Crippen molar-refractivity contribution in [3.8, 4) is 51.5 Å². The second-order valence-electron chi connectivity index (χ2n) is 10.7. The summed E-state index contributed by atoms with van der Waals surface area (Å²) in [6.07, 6.45) is 6.63. The number of aromatic nitrogens is 5. The maximum atomic E-state index is 15.7. The van der Waals surface area contributed by atoms with Crippen molar-refractivity contribution >= 4 is 21.8 Å². The molecule has 4 heterocycles. The Morgan fingerprint density at radius 2 is 0.957 bits per heavy atom. The molecule has 0 saturated heterocycles. The van der Waals surface area contributed by atoms with Gasteiger partial charge in [-0.05, 0) is 66.7 Å². The van der Waals surface area contributed by atoms with Gasteiger partial charge in [-0.2, -0.15) is 0 Å². The summed E-state index contributed by atoms with van der Waals surface area (Å²) in [4.78, 5) is 17.7. The molecule has 226 valence electrons. The zero-order valence-corrected chi connectivity index (χ0v) is 24.6. The number of hydrogen-bond donors (Lipinski definition) is 0. The Labute approximate surface area is 267 Å². The Bertz CT molecular complexity index is 2240. The van der Waals surface area contributed by atoms with Crippen molar-refractivity contribution in [3.05, 3.63) is 152 Å². The third-order valence-electron chi connectivity index (χ3n) is 7.67. The molecule has 0 aliphatic carbocycles. The van der Waals surface area contributed by atoms with Gasteiger partial charge in [0.05, 0.1) is 22.4 Å². The van der Waals surface area contributed by atoms with Crippen LogP contribution < -0.4 is 9.47 Å². The molecule has 0 N–H and O–H groups in total. The summed E-state index contributed by atoms with van der Waals surface area (Å²) in [5.41, 5.74) is 4.22. The Morgan fingerprint density at radius 3 is 1.43 bits per heavy atom. The first-order chi connectivity index (χ1) is 23.1. The number of ether oxygens (including phenoxy) is 2. The Kier molecular flexibility index (Phi) is 7.03. The molecule has 0 saturated carbocycles. The minimum atomic E-state index is -0.610. The second kappa shape index (κ2) is 11.8. The van der Waals surface area contributed by atoms with Crippen LogP contribution in [-0.2, 0) is 0 Å². The highest BCUT2D eigenvalue weighted by Gasteiger charge is 2.21. The van der Waals surface area contributed by atoms with Crippen LogP contribution in [0.1, 0.15) is 0 Å². The fourth-order valence-corrected chi connectivity index (χ4v) is 5.55. The lowest BCUT2D eigenvalue weighted by Gasteiger charge is -2.11. The van der Waals surface area contributed by atoms with Gasteiger partial charge in [-0.1, -0.05) is 36.4 Å². The minimum absolute atomic E-state index is 0.0149. The van der Waals surface area contributed by atoms with E-state index in [-0.39, 0.29) is 11.5 Å². The van der Waals surface area contributed by atoms with Gasteiger partial charge in [0.15, 0.2) is 23.1 Å². The van der Waals surface area contributed by atoms with Gasteiger partial charge < -0.3 is 9.47 Å². The van der Waals surface area contributed by atoms with Crippen molar-refractivity contribution in [1.82, 2.24) is 24.5 Å². The van der Waals surface area contributed by atoms with Crippen molar-refractivity contribution in [2.75, 3.05) is 0 Å². The third-order valence-corrected chi connectivity index (χ3v) is 7.67. The summed E-state index contributed by atoms with van der Waals surface area (Å²) in [6, 6.07) is 33.3. The van der Waals surface area contributed by atoms with Crippen LogP contribution in [0.5, 0.6) is 23.0 Å². The minimum Gasteiger partial charge on any atom is -0.454 e.